The molecule has 6 nitrogen and oxygen atoms in total. The van der Waals surface area contributed by atoms with Crippen molar-refractivity contribution in [1.29, 1.82) is 0 Å². The Kier molecular flexibility index (Phi) is 5.31. The van der Waals surface area contributed by atoms with E-state index >= 15 is 0 Å². The number of aryl methyl sites for hydroxylation is 1. The van der Waals surface area contributed by atoms with Crippen LogP contribution in [-0.4, -0.2) is 54.8 Å². The summed E-state index contributed by atoms with van der Waals surface area (Å²) in [5, 5.41) is 5.65. The number of anilines is 1. The van der Waals surface area contributed by atoms with E-state index in [1.54, 1.807) is 6.20 Å². The molecule has 1 fully saturated rings. The molecular formula is C14H22N4O2. The third-order valence-corrected chi connectivity index (χ3v) is 3.47. The Morgan fingerprint density at radius 3 is 2.95 bits per heavy atom. The third kappa shape index (κ3) is 4.18. The lowest BCUT2D eigenvalue weighted by Gasteiger charge is -2.32. The summed E-state index contributed by atoms with van der Waals surface area (Å²) in [4.78, 5) is 18.3. The van der Waals surface area contributed by atoms with E-state index in [-0.39, 0.29) is 6.03 Å². The van der Waals surface area contributed by atoms with Gasteiger partial charge in [0.25, 0.3) is 0 Å². The van der Waals surface area contributed by atoms with Gasteiger partial charge in [-0.15, -0.1) is 0 Å². The van der Waals surface area contributed by atoms with Crippen molar-refractivity contribution in [2.75, 3.05) is 38.2 Å². The molecule has 1 aromatic heterocycles. The van der Waals surface area contributed by atoms with Gasteiger partial charge in [0.1, 0.15) is 5.82 Å². The van der Waals surface area contributed by atoms with Crippen LogP contribution in [0.1, 0.15) is 12.5 Å². The fraction of sp³-hybridized carbons (Fsp3) is 0.571. The number of hydrogen-bond donors (Lipinski definition) is 2. The molecule has 0 aliphatic carbocycles. The standard InChI is InChI=1S/C14H22N4O2/c1-11-4-3-5-15-13(11)17-14(19)16-10-12(2)18-6-8-20-9-7-18/h3-5,12H,6-10H2,1-2H3,(H2,15,16,17,19)/t12-/m0/s1. The molecule has 1 aliphatic rings. The van der Waals surface area contributed by atoms with Crippen molar-refractivity contribution in [2.45, 2.75) is 19.9 Å². The zero-order valence-corrected chi connectivity index (χ0v) is 12.1. The molecule has 1 aliphatic heterocycles. The Morgan fingerprint density at radius 1 is 1.50 bits per heavy atom. The van der Waals surface area contributed by atoms with Crippen LogP contribution in [0.4, 0.5) is 10.6 Å². The van der Waals surface area contributed by atoms with Gasteiger partial charge in [-0.3, -0.25) is 10.2 Å². The second-order valence-corrected chi connectivity index (χ2v) is 5.00. The Balaban J connectivity index is 1.76. The van der Waals surface area contributed by atoms with Gasteiger partial charge in [-0.1, -0.05) is 6.07 Å². The topological polar surface area (TPSA) is 66.5 Å². The molecule has 2 heterocycles. The van der Waals surface area contributed by atoms with Gasteiger partial charge in [0, 0.05) is 31.9 Å². The zero-order valence-electron chi connectivity index (χ0n) is 12.1. The molecule has 1 aromatic rings. The van der Waals surface area contributed by atoms with Gasteiger partial charge in [0.15, 0.2) is 0 Å². The van der Waals surface area contributed by atoms with E-state index in [4.69, 9.17) is 4.74 Å². The molecule has 0 saturated carbocycles. The van der Waals surface area contributed by atoms with E-state index in [2.05, 4.69) is 27.4 Å². The van der Waals surface area contributed by atoms with Crippen molar-refractivity contribution in [3.05, 3.63) is 23.9 Å². The van der Waals surface area contributed by atoms with E-state index < -0.39 is 0 Å². The van der Waals surface area contributed by atoms with Crippen LogP contribution in [0.15, 0.2) is 18.3 Å². The second kappa shape index (κ2) is 7.21. The number of urea groups is 1. The SMILES string of the molecule is Cc1cccnc1NC(=O)NC[C@H](C)N1CCOCC1. The van der Waals surface area contributed by atoms with E-state index in [9.17, 15) is 4.79 Å². The van der Waals surface area contributed by atoms with Crippen LogP contribution in [0.5, 0.6) is 0 Å². The van der Waals surface area contributed by atoms with Gasteiger partial charge in [0.05, 0.1) is 13.2 Å². The summed E-state index contributed by atoms with van der Waals surface area (Å²) in [5.41, 5.74) is 0.948. The molecule has 1 atom stereocenters. The van der Waals surface area contributed by atoms with Gasteiger partial charge in [-0.2, -0.15) is 0 Å². The minimum absolute atomic E-state index is 0.216. The number of rotatable bonds is 4. The highest BCUT2D eigenvalue weighted by molar-refractivity contribution is 5.88. The van der Waals surface area contributed by atoms with Crippen molar-refractivity contribution >= 4 is 11.8 Å². The van der Waals surface area contributed by atoms with Crippen LogP contribution >= 0.6 is 0 Å². The lowest BCUT2D eigenvalue weighted by molar-refractivity contribution is 0.0209. The maximum Gasteiger partial charge on any atom is 0.320 e. The molecule has 0 bridgehead atoms. The molecule has 110 valence electrons. The van der Waals surface area contributed by atoms with E-state index in [0.29, 0.717) is 18.4 Å². The molecular weight excluding hydrogens is 256 g/mol. The monoisotopic (exact) mass is 278 g/mol. The van der Waals surface area contributed by atoms with Gasteiger partial charge >= 0.3 is 6.03 Å². The number of carbonyl (C=O) groups excluding carboxylic acids is 1. The van der Waals surface area contributed by atoms with Crippen molar-refractivity contribution in [3.63, 3.8) is 0 Å². The maximum atomic E-state index is 11.8. The number of morpholine rings is 1. The van der Waals surface area contributed by atoms with Gasteiger partial charge < -0.3 is 10.1 Å². The van der Waals surface area contributed by atoms with E-state index in [1.807, 2.05) is 19.1 Å². The lowest BCUT2D eigenvalue weighted by Crippen LogP contribution is -2.47. The van der Waals surface area contributed by atoms with Crippen molar-refractivity contribution < 1.29 is 9.53 Å². The molecule has 2 amide bonds. The van der Waals surface area contributed by atoms with Crippen molar-refractivity contribution in [1.82, 2.24) is 15.2 Å². The summed E-state index contributed by atoms with van der Waals surface area (Å²) in [6, 6.07) is 3.85. The summed E-state index contributed by atoms with van der Waals surface area (Å²) in [6.07, 6.45) is 1.67. The smallest absolute Gasteiger partial charge is 0.320 e. The molecule has 2 rings (SSSR count). The van der Waals surface area contributed by atoms with Crippen LogP contribution in [-0.2, 0) is 4.74 Å². The number of hydrogen-bond acceptors (Lipinski definition) is 4. The van der Waals surface area contributed by atoms with Crippen molar-refractivity contribution in [2.24, 2.45) is 0 Å². The molecule has 1 saturated heterocycles. The number of amides is 2. The van der Waals surface area contributed by atoms with E-state index in [1.165, 1.54) is 0 Å². The molecule has 0 aromatic carbocycles. The first-order valence-corrected chi connectivity index (χ1v) is 6.95. The van der Waals surface area contributed by atoms with Crippen LogP contribution < -0.4 is 10.6 Å². The van der Waals surface area contributed by atoms with Crippen LogP contribution in [0.3, 0.4) is 0 Å². The van der Waals surface area contributed by atoms with Crippen LogP contribution in [0, 0.1) is 6.92 Å². The average Bonchev–Trinajstić information content (AvgIpc) is 2.48. The first-order valence-electron chi connectivity index (χ1n) is 6.95. The molecule has 2 N–H and O–H groups in total. The molecule has 0 spiro atoms. The predicted molar refractivity (Wildman–Crippen MR) is 77.8 cm³/mol. The Hall–Kier alpha value is -1.66. The molecule has 6 heteroatoms. The van der Waals surface area contributed by atoms with Crippen LogP contribution in [0.25, 0.3) is 0 Å². The summed E-state index contributed by atoms with van der Waals surface area (Å²) in [7, 11) is 0. The van der Waals surface area contributed by atoms with Gasteiger partial charge in [-0.05, 0) is 25.5 Å². The maximum absolute atomic E-state index is 11.8. The highest BCUT2D eigenvalue weighted by Crippen LogP contribution is 2.08. The number of aromatic nitrogens is 1. The number of nitrogens with one attached hydrogen (secondary N) is 2. The van der Waals surface area contributed by atoms with Gasteiger partial charge in [0.2, 0.25) is 0 Å². The fourth-order valence-corrected chi connectivity index (χ4v) is 2.16. The Morgan fingerprint density at radius 2 is 2.25 bits per heavy atom. The zero-order chi connectivity index (χ0) is 14.4. The third-order valence-electron chi connectivity index (χ3n) is 3.47. The summed E-state index contributed by atoms with van der Waals surface area (Å²) in [5.74, 6) is 0.601. The summed E-state index contributed by atoms with van der Waals surface area (Å²) < 4.78 is 5.32. The molecule has 0 radical (unpaired) electrons. The fourth-order valence-electron chi connectivity index (χ4n) is 2.16. The number of nitrogens with zero attached hydrogens (tertiary/aromatic N) is 2. The largest absolute Gasteiger partial charge is 0.379 e. The summed E-state index contributed by atoms with van der Waals surface area (Å²) in [6.45, 7) is 8.01. The van der Waals surface area contributed by atoms with Crippen molar-refractivity contribution in [3.8, 4) is 0 Å². The normalized spacial score (nSPS) is 17.5. The van der Waals surface area contributed by atoms with E-state index in [0.717, 1.165) is 31.9 Å². The first-order chi connectivity index (χ1) is 9.66. The quantitative estimate of drug-likeness (QED) is 0.869. The minimum Gasteiger partial charge on any atom is -0.379 e. The minimum atomic E-state index is -0.216. The lowest BCUT2D eigenvalue weighted by atomic mass is 10.2. The van der Waals surface area contributed by atoms with Gasteiger partial charge in [-0.25, -0.2) is 9.78 Å². The Bertz CT molecular complexity index is 447. The number of pyridine rings is 1. The van der Waals surface area contributed by atoms with Crippen LogP contribution in [0.2, 0.25) is 0 Å². The second-order valence-electron chi connectivity index (χ2n) is 5.00. The molecule has 20 heavy (non-hydrogen) atoms. The highest BCUT2D eigenvalue weighted by Gasteiger charge is 2.17. The number of carbonyl (C=O) groups is 1. The predicted octanol–water partition coefficient (Wildman–Crippen LogP) is 1.23. The number of ether oxygens (including phenoxy) is 1. The molecule has 0 unspecified atom stereocenters. The average molecular weight is 278 g/mol. The summed E-state index contributed by atoms with van der Waals surface area (Å²) >= 11 is 0. The Labute approximate surface area is 119 Å². The first kappa shape index (κ1) is 14.7. The highest BCUT2D eigenvalue weighted by atomic mass is 16.5.